The molecule has 2 rings (SSSR count). The van der Waals surface area contributed by atoms with Gasteiger partial charge in [-0.2, -0.15) is 0 Å². The van der Waals surface area contributed by atoms with E-state index in [2.05, 4.69) is 26.0 Å². The standard InChI is InChI=1S/C19H34/c1-3-5-6-7-17-10-14-19(15-11-17)18-12-8-16(4-2)9-13-18/h3,5,16-19H,4,6-15H2,1-2H3/b5-3+/t16?,17-,18?,19-. The normalized spacial score (nSPS) is 36.7. The van der Waals surface area contributed by atoms with Gasteiger partial charge in [0.05, 0.1) is 0 Å². The van der Waals surface area contributed by atoms with E-state index in [9.17, 15) is 0 Å². The lowest BCUT2D eigenvalue weighted by atomic mass is 9.68. The maximum absolute atomic E-state index is 2.38. The van der Waals surface area contributed by atoms with Gasteiger partial charge in [-0.25, -0.2) is 0 Å². The fourth-order valence-electron chi connectivity index (χ4n) is 4.51. The van der Waals surface area contributed by atoms with E-state index in [1.165, 1.54) is 44.9 Å². The molecule has 0 nitrogen and oxygen atoms in total. The summed E-state index contributed by atoms with van der Waals surface area (Å²) in [7, 11) is 0. The Bertz CT molecular complexity index is 249. The third-order valence-electron chi connectivity index (χ3n) is 6.00. The molecule has 0 heterocycles. The molecule has 0 N–H and O–H groups in total. The van der Waals surface area contributed by atoms with Crippen molar-refractivity contribution in [3.05, 3.63) is 12.2 Å². The SMILES string of the molecule is C/C=C/CC[C@H]1CC[C@H](C2CCC(CC)CC2)CC1. The number of hydrogen-bond donors (Lipinski definition) is 0. The topological polar surface area (TPSA) is 0 Å². The molecule has 19 heavy (non-hydrogen) atoms. The molecule has 0 saturated heterocycles. The van der Waals surface area contributed by atoms with Crippen molar-refractivity contribution in [2.75, 3.05) is 0 Å². The summed E-state index contributed by atoms with van der Waals surface area (Å²) in [6.45, 7) is 4.52. The van der Waals surface area contributed by atoms with Crippen molar-refractivity contribution in [2.24, 2.45) is 23.7 Å². The van der Waals surface area contributed by atoms with Crippen molar-refractivity contribution >= 4 is 0 Å². The van der Waals surface area contributed by atoms with Gasteiger partial charge in [0.25, 0.3) is 0 Å². The fraction of sp³-hybridized carbons (Fsp3) is 0.895. The van der Waals surface area contributed by atoms with Crippen molar-refractivity contribution in [2.45, 2.75) is 84.5 Å². The first-order valence-electron chi connectivity index (χ1n) is 8.94. The van der Waals surface area contributed by atoms with Gasteiger partial charge in [-0.1, -0.05) is 51.2 Å². The molecule has 2 aliphatic rings. The number of hydrogen-bond acceptors (Lipinski definition) is 0. The molecule has 2 saturated carbocycles. The second kappa shape index (κ2) is 8.12. The van der Waals surface area contributed by atoms with Gasteiger partial charge in [0.15, 0.2) is 0 Å². The molecular weight excluding hydrogens is 228 g/mol. The molecule has 0 aromatic heterocycles. The third kappa shape index (κ3) is 4.65. The van der Waals surface area contributed by atoms with Gasteiger partial charge in [0, 0.05) is 0 Å². The average molecular weight is 262 g/mol. The van der Waals surface area contributed by atoms with Crippen LogP contribution in [0.25, 0.3) is 0 Å². The smallest absolute Gasteiger partial charge is 0.0348 e. The molecule has 0 radical (unpaired) electrons. The summed E-state index contributed by atoms with van der Waals surface area (Å²) in [5, 5.41) is 0. The largest absolute Gasteiger partial charge is 0.0917 e. The molecular formula is C19H34. The first-order valence-corrected chi connectivity index (χ1v) is 8.94. The monoisotopic (exact) mass is 262 g/mol. The Hall–Kier alpha value is -0.260. The summed E-state index contributed by atoms with van der Waals surface area (Å²) >= 11 is 0. The van der Waals surface area contributed by atoms with Gasteiger partial charge >= 0.3 is 0 Å². The van der Waals surface area contributed by atoms with E-state index in [4.69, 9.17) is 0 Å². The van der Waals surface area contributed by atoms with Crippen LogP contribution < -0.4 is 0 Å². The molecule has 2 fully saturated rings. The Balaban J connectivity index is 1.66. The highest BCUT2D eigenvalue weighted by molar-refractivity contribution is 4.83. The summed E-state index contributed by atoms with van der Waals surface area (Å²) in [6.07, 6.45) is 21.0. The lowest BCUT2D eigenvalue weighted by Gasteiger charge is -2.37. The quantitative estimate of drug-likeness (QED) is 0.505. The van der Waals surface area contributed by atoms with Gasteiger partial charge < -0.3 is 0 Å². The Morgan fingerprint density at radius 3 is 1.79 bits per heavy atom. The van der Waals surface area contributed by atoms with Gasteiger partial charge in [0.2, 0.25) is 0 Å². The molecule has 0 aliphatic heterocycles. The lowest BCUT2D eigenvalue weighted by Crippen LogP contribution is -2.25. The third-order valence-corrected chi connectivity index (χ3v) is 6.00. The summed E-state index contributed by atoms with van der Waals surface area (Å²) in [6, 6.07) is 0. The molecule has 2 aliphatic carbocycles. The second-order valence-corrected chi connectivity index (χ2v) is 7.12. The summed E-state index contributed by atoms with van der Waals surface area (Å²) in [5.74, 6) is 4.29. The zero-order valence-electron chi connectivity index (χ0n) is 13.2. The Labute approximate surface area is 121 Å². The molecule has 0 aromatic rings. The van der Waals surface area contributed by atoms with Gasteiger partial charge in [-0.15, -0.1) is 0 Å². The molecule has 0 unspecified atom stereocenters. The van der Waals surface area contributed by atoms with Crippen LogP contribution in [-0.4, -0.2) is 0 Å². The fourth-order valence-corrected chi connectivity index (χ4v) is 4.51. The Kier molecular flexibility index (Phi) is 6.47. The summed E-state index contributed by atoms with van der Waals surface area (Å²) in [4.78, 5) is 0. The van der Waals surface area contributed by atoms with E-state index in [-0.39, 0.29) is 0 Å². The van der Waals surface area contributed by atoms with Crippen LogP contribution in [0.1, 0.15) is 84.5 Å². The van der Waals surface area contributed by atoms with Gasteiger partial charge in [-0.3, -0.25) is 0 Å². The lowest BCUT2D eigenvalue weighted by molar-refractivity contribution is 0.143. The van der Waals surface area contributed by atoms with E-state index in [0.717, 1.165) is 23.7 Å². The highest BCUT2D eigenvalue weighted by atomic mass is 14.4. The van der Waals surface area contributed by atoms with E-state index in [1.807, 2.05) is 0 Å². The van der Waals surface area contributed by atoms with Crippen LogP contribution >= 0.6 is 0 Å². The molecule has 0 atom stereocenters. The maximum atomic E-state index is 2.38. The zero-order chi connectivity index (χ0) is 13.5. The van der Waals surface area contributed by atoms with Crippen molar-refractivity contribution in [1.82, 2.24) is 0 Å². The Morgan fingerprint density at radius 1 is 0.789 bits per heavy atom. The minimum absolute atomic E-state index is 1.04. The zero-order valence-corrected chi connectivity index (χ0v) is 13.2. The highest BCUT2D eigenvalue weighted by Gasteiger charge is 2.30. The van der Waals surface area contributed by atoms with Crippen molar-refractivity contribution < 1.29 is 0 Å². The second-order valence-electron chi connectivity index (χ2n) is 7.12. The van der Waals surface area contributed by atoms with Gasteiger partial charge in [0.1, 0.15) is 0 Å². The number of allylic oxidation sites excluding steroid dienone is 2. The van der Waals surface area contributed by atoms with Crippen molar-refractivity contribution in [3.63, 3.8) is 0 Å². The van der Waals surface area contributed by atoms with Crippen LogP contribution in [0.2, 0.25) is 0 Å². The average Bonchev–Trinajstić information content (AvgIpc) is 2.48. The van der Waals surface area contributed by atoms with E-state index in [0.29, 0.717) is 0 Å². The Morgan fingerprint density at radius 2 is 1.32 bits per heavy atom. The van der Waals surface area contributed by atoms with Crippen LogP contribution in [0, 0.1) is 23.7 Å². The van der Waals surface area contributed by atoms with Crippen molar-refractivity contribution in [3.8, 4) is 0 Å². The summed E-state index contributed by atoms with van der Waals surface area (Å²) < 4.78 is 0. The van der Waals surface area contributed by atoms with E-state index < -0.39 is 0 Å². The highest BCUT2D eigenvalue weighted by Crippen LogP contribution is 2.42. The van der Waals surface area contributed by atoms with Crippen LogP contribution in [0.5, 0.6) is 0 Å². The van der Waals surface area contributed by atoms with E-state index in [1.54, 1.807) is 25.7 Å². The maximum Gasteiger partial charge on any atom is -0.0348 e. The van der Waals surface area contributed by atoms with Crippen LogP contribution in [0.4, 0.5) is 0 Å². The summed E-state index contributed by atoms with van der Waals surface area (Å²) in [5.41, 5.74) is 0. The van der Waals surface area contributed by atoms with Crippen LogP contribution in [0.3, 0.4) is 0 Å². The molecule has 0 bridgehead atoms. The molecule has 0 heteroatoms. The molecule has 0 spiro atoms. The molecule has 0 amide bonds. The first kappa shape index (κ1) is 15.1. The van der Waals surface area contributed by atoms with Crippen LogP contribution in [-0.2, 0) is 0 Å². The predicted molar refractivity (Wildman–Crippen MR) is 85.2 cm³/mol. The minimum atomic E-state index is 1.04. The number of rotatable bonds is 5. The molecule has 110 valence electrons. The first-order chi connectivity index (χ1) is 9.33. The van der Waals surface area contributed by atoms with E-state index >= 15 is 0 Å². The van der Waals surface area contributed by atoms with Crippen LogP contribution in [0.15, 0.2) is 12.2 Å². The predicted octanol–water partition coefficient (Wildman–Crippen LogP) is 6.37. The van der Waals surface area contributed by atoms with Crippen molar-refractivity contribution in [1.29, 1.82) is 0 Å². The minimum Gasteiger partial charge on any atom is -0.0917 e. The van der Waals surface area contributed by atoms with Gasteiger partial charge in [-0.05, 0) is 69.1 Å². The molecule has 0 aromatic carbocycles.